The summed E-state index contributed by atoms with van der Waals surface area (Å²) >= 11 is 0. The molecule has 5 heteroatoms. The smallest absolute Gasteiger partial charge is 0.410 e. The second kappa shape index (κ2) is 6.42. The minimum atomic E-state index is -1.75. The van der Waals surface area contributed by atoms with E-state index in [1.54, 1.807) is 4.90 Å². The topological polar surface area (TPSA) is 38.8 Å². The average Bonchev–Trinajstić information content (AvgIpc) is 2.39. The second-order valence-electron chi connectivity index (χ2n) is 7.45. The maximum atomic E-state index is 12.0. The predicted molar refractivity (Wildman–Crippen MR) is 90.3 cm³/mol. The first-order chi connectivity index (χ1) is 10.2. The van der Waals surface area contributed by atoms with Crippen LogP contribution in [0.25, 0.3) is 0 Å². The van der Waals surface area contributed by atoms with Gasteiger partial charge in [-0.15, -0.1) is 0 Å². The standard InChI is InChI=1S/C17H27NO3Si/c1-17(2,3)22(4,5)21-15-11-18(12-15)16(19)20-13-14-9-7-6-8-10-14/h6-10,15H,11-13H2,1-5H3. The monoisotopic (exact) mass is 321 g/mol. The van der Waals surface area contributed by atoms with Crippen molar-refractivity contribution in [3.8, 4) is 0 Å². The van der Waals surface area contributed by atoms with Gasteiger partial charge >= 0.3 is 6.09 Å². The van der Waals surface area contributed by atoms with E-state index in [-0.39, 0.29) is 17.2 Å². The number of carbonyl (C=O) groups excluding carboxylic acids is 1. The second-order valence-corrected chi connectivity index (χ2v) is 12.2. The van der Waals surface area contributed by atoms with Crippen LogP contribution in [-0.4, -0.2) is 38.5 Å². The van der Waals surface area contributed by atoms with Gasteiger partial charge in [-0.1, -0.05) is 51.1 Å². The Morgan fingerprint density at radius 2 is 1.82 bits per heavy atom. The zero-order valence-corrected chi connectivity index (χ0v) is 15.3. The number of hydrogen-bond donors (Lipinski definition) is 0. The van der Waals surface area contributed by atoms with Crippen LogP contribution in [0.15, 0.2) is 30.3 Å². The van der Waals surface area contributed by atoms with E-state index in [0.29, 0.717) is 19.7 Å². The van der Waals surface area contributed by atoms with Crippen molar-refractivity contribution in [3.05, 3.63) is 35.9 Å². The number of rotatable bonds is 4. The van der Waals surface area contributed by atoms with Gasteiger partial charge in [-0.3, -0.25) is 0 Å². The van der Waals surface area contributed by atoms with Crippen LogP contribution in [0.4, 0.5) is 4.79 Å². The normalized spacial score (nSPS) is 16.3. The van der Waals surface area contributed by atoms with Crippen LogP contribution in [0.2, 0.25) is 18.1 Å². The molecule has 1 aromatic rings. The van der Waals surface area contributed by atoms with Gasteiger partial charge in [-0.25, -0.2) is 4.79 Å². The zero-order valence-electron chi connectivity index (χ0n) is 14.3. The Morgan fingerprint density at radius 3 is 2.36 bits per heavy atom. The van der Waals surface area contributed by atoms with Gasteiger partial charge in [0, 0.05) is 0 Å². The highest BCUT2D eigenvalue weighted by atomic mass is 28.4. The third-order valence-corrected chi connectivity index (χ3v) is 9.11. The van der Waals surface area contributed by atoms with E-state index in [9.17, 15) is 4.79 Å². The van der Waals surface area contributed by atoms with Gasteiger partial charge in [-0.05, 0) is 23.7 Å². The lowest BCUT2D eigenvalue weighted by atomic mass is 10.2. The number of ether oxygens (including phenoxy) is 1. The summed E-state index contributed by atoms with van der Waals surface area (Å²) in [6.45, 7) is 12.8. The van der Waals surface area contributed by atoms with Crippen molar-refractivity contribution in [3.63, 3.8) is 0 Å². The van der Waals surface area contributed by atoms with E-state index in [4.69, 9.17) is 9.16 Å². The number of hydrogen-bond acceptors (Lipinski definition) is 3. The molecule has 0 atom stereocenters. The molecular weight excluding hydrogens is 294 g/mol. The number of likely N-dealkylation sites (tertiary alicyclic amines) is 1. The lowest BCUT2D eigenvalue weighted by Gasteiger charge is -2.45. The number of amides is 1. The highest BCUT2D eigenvalue weighted by Gasteiger charge is 2.43. The first-order valence-electron chi connectivity index (χ1n) is 7.82. The third kappa shape index (κ3) is 4.11. The molecule has 122 valence electrons. The molecule has 1 aliphatic rings. The van der Waals surface area contributed by atoms with Crippen LogP contribution in [-0.2, 0) is 15.8 Å². The number of benzene rings is 1. The molecule has 1 aromatic carbocycles. The minimum Gasteiger partial charge on any atom is -0.445 e. The van der Waals surface area contributed by atoms with Crippen molar-refractivity contribution in [2.24, 2.45) is 0 Å². The van der Waals surface area contributed by atoms with Crippen LogP contribution < -0.4 is 0 Å². The number of nitrogens with zero attached hydrogens (tertiary/aromatic N) is 1. The van der Waals surface area contributed by atoms with Crippen molar-refractivity contribution >= 4 is 14.4 Å². The van der Waals surface area contributed by atoms with Crippen molar-refractivity contribution in [2.45, 2.75) is 51.6 Å². The van der Waals surface area contributed by atoms with E-state index >= 15 is 0 Å². The van der Waals surface area contributed by atoms with Gasteiger partial charge in [-0.2, -0.15) is 0 Å². The molecule has 1 aliphatic heterocycles. The Labute approximate surface area is 134 Å². The summed E-state index contributed by atoms with van der Waals surface area (Å²) in [7, 11) is -1.75. The average molecular weight is 321 g/mol. The first-order valence-corrected chi connectivity index (χ1v) is 10.7. The van der Waals surface area contributed by atoms with Crippen LogP contribution in [0.5, 0.6) is 0 Å². The largest absolute Gasteiger partial charge is 0.445 e. The van der Waals surface area contributed by atoms with Gasteiger partial charge in [0.15, 0.2) is 8.32 Å². The van der Waals surface area contributed by atoms with Crippen LogP contribution >= 0.6 is 0 Å². The third-order valence-electron chi connectivity index (χ3n) is 4.58. The summed E-state index contributed by atoms with van der Waals surface area (Å²) < 4.78 is 11.6. The van der Waals surface area contributed by atoms with E-state index < -0.39 is 8.32 Å². The van der Waals surface area contributed by atoms with Gasteiger partial charge < -0.3 is 14.1 Å². The molecule has 1 amide bonds. The molecule has 4 nitrogen and oxygen atoms in total. The van der Waals surface area contributed by atoms with E-state index in [2.05, 4.69) is 33.9 Å². The lowest BCUT2D eigenvalue weighted by Crippen LogP contribution is -2.59. The molecule has 0 unspecified atom stereocenters. The van der Waals surface area contributed by atoms with E-state index in [1.165, 1.54) is 0 Å². The lowest BCUT2D eigenvalue weighted by molar-refractivity contribution is 0.00233. The molecule has 0 spiro atoms. The Bertz CT molecular complexity index is 504. The van der Waals surface area contributed by atoms with Gasteiger partial charge in [0.2, 0.25) is 0 Å². The highest BCUT2D eigenvalue weighted by molar-refractivity contribution is 6.74. The maximum absolute atomic E-state index is 12.0. The molecule has 2 rings (SSSR count). The number of carbonyl (C=O) groups is 1. The van der Waals surface area contributed by atoms with Crippen molar-refractivity contribution in [1.29, 1.82) is 0 Å². The Hall–Kier alpha value is -1.33. The molecule has 22 heavy (non-hydrogen) atoms. The predicted octanol–water partition coefficient (Wildman–Crippen LogP) is 4.03. The molecule has 0 aliphatic carbocycles. The summed E-state index contributed by atoms with van der Waals surface area (Å²) in [5, 5.41) is 0.196. The quantitative estimate of drug-likeness (QED) is 0.786. The molecule has 1 saturated heterocycles. The van der Waals surface area contributed by atoms with Gasteiger partial charge in [0.25, 0.3) is 0 Å². The van der Waals surface area contributed by atoms with Crippen LogP contribution in [0.1, 0.15) is 26.3 Å². The van der Waals surface area contributed by atoms with Crippen molar-refractivity contribution < 1.29 is 14.0 Å². The molecule has 1 heterocycles. The fourth-order valence-electron chi connectivity index (χ4n) is 2.07. The van der Waals surface area contributed by atoms with E-state index in [0.717, 1.165) is 5.56 Å². The minimum absolute atomic E-state index is 0.158. The fraction of sp³-hybridized carbons (Fsp3) is 0.588. The summed E-state index contributed by atoms with van der Waals surface area (Å²) in [6.07, 6.45) is -0.0934. The maximum Gasteiger partial charge on any atom is 0.410 e. The van der Waals surface area contributed by atoms with Gasteiger partial charge in [0.1, 0.15) is 6.61 Å². The Morgan fingerprint density at radius 1 is 1.23 bits per heavy atom. The highest BCUT2D eigenvalue weighted by Crippen LogP contribution is 2.38. The summed E-state index contributed by atoms with van der Waals surface area (Å²) in [6, 6.07) is 9.73. The van der Waals surface area contributed by atoms with E-state index in [1.807, 2.05) is 30.3 Å². The van der Waals surface area contributed by atoms with Crippen molar-refractivity contribution in [1.82, 2.24) is 4.90 Å². The Balaban J connectivity index is 1.73. The summed E-state index contributed by atoms with van der Waals surface area (Å²) in [5.74, 6) is 0. The molecule has 0 bridgehead atoms. The summed E-state index contributed by atoms with van der Waals surface area (Å²) in [5.41, 5.74) is 1.01. The van der Waals surface area contributed by atoms with Crippen molar-refractivity contribution in [2.75, 3.05) is 13.1 Å². The van der Waals surface area contributed by atoms with Crippen LogP contribution in [0, 0.1) is 0 Å². The molecule has 0 saturated carbocycles. The molecular formula is C17H27NO3Si. The SMILES string of the molecule is CC(C)(C)[Si](C)(C)OC1CN(C(=O)OCc2ccccc2)C1. The molecule has 0 N–H and O–H groups in total. The van der Waals surface area contributed by atoms with Gasteiger partial charge in [0.05, 0.1) is 19.2 Å². The molecule has 0 radical (unpaired) electrons. The summed E-state index contributed by atoms with van der Waals surface area (Å²) in [4.78, 5) is 13.7. The Kier molecular flexibility index (Phi) is 4.97. The molecule has 1 fully saturated rings. The van der Waals surface area contributed by atoms with Crippen LogP contribution in [0.3, 0.4) is 0 Å². The first kappa shape index (κ1) is 17.0. The molecule has 0 aromatic heterocycles. The zero-order chi connectivity index (χ0) is 16.4. The fourth-order valence-corrected chi connectivity index (χ4v) is 3.40.